The van der Waals surface area contributed by atoms with Gasteiger partial charge in [0.1, 0.15) is 0 Å². The smallest absolute Gasteiger partial charge is 0.220 e. The third-order valence-corrected chi connectivity index (χ3v) is 4.01. The van der Waals surface area contributed by atoms with Gasteiger partial charge < -0.3 is 10.4 Å². The topological polar surface area (TPSA) is 49.3 Å². The molecule has 21 heavy (non-hydrogen) atoms. The molecule has 0 aliphatic carbocycles. The van der Waals surface area contributed by atoms with Crippen LogP contribution in [0.4, 0.5) is 0 Å². The highest BCUT2D eigenvalue weighted by molar-refractivity contribution is 5.77. The molecule has 2 atom stereocenters. The SMILES string of the molecule is Cc1ccccc1C(C)CC(=O)NC(CCO)C(C)(C)C. The molecule has 0 fully saturated rings. The highest BCUT2D eigenvalue weighted by atomic mass is 16.3. The summed E-state index contributed by atoms with van der Waals surface area (Å²) in [5.41, 5.74) is 2.40. The summed E-state index contributed by atoms with van der Waals surface area (Å²) >= 11 is 0. The summed E-state index contributed by atoms with van der Waals surface area (Å²) in [6, 6.07) is 8.19. The predicted molar refractivity (Wildman–Crippen MR) is 87.3 cm³/mol. The van der Waals surface area contributed by atoms with Crippen molar-refractivity contribution < 1.29 is 9.90 Å². The molecule has 2 N–H and O–H groups in total. The number of aryl methyl sites for hydroxylation is 1. The molecule has 1 aromatic rings. The van der Waals surface area contributed by atoms with Crippen LogP contribution in [0, 0.1) is 12.3 Å². The van der Waals surface area contributed by atoms with Gasteiger partial charge >= 0.3 is 0 Å². The summed E-state index contributed by atoms with van der Waals surface area (Å²) in [5.74, 6) is 0.250. The minimum Gasteiger partial charge on any atom is -0.396 e. The highest BCUT2D eigenvalue weighted by Gasteiger charge is 2.26. The molecule has 3 heteroatoms. The van der Waals surface area contributed by atoms with Gasteiger partial charge in [-0.05, 0) is 35.8 Å². The van der Waals surface area contributed by atoms with Gasteiger partial charge in [0.2, 0.25) is 5.91 Å². The number of hydrogen-bond donors (Lipinski definition) is 2. The predicted octanol–water partition coefficient (Wildman–Crippen LogP) is 3.40. The first-order valence-corrected chi connectivity index (χ1v) is 7.71. The summed E-state index contributed by atoms with van der Waals surface area (Å²) in [5, 5.41) is 12.2. The van der Waals surface area contributed by atoms with Gasteiger partial charge in [0.05, 0.1) is 0 Å². The number of carbonyl (C=O) groups excluding carboxylic acids is 1. The Hall–Kier alpha value is -1.35. The molecule has 1 amide bonds. The maximum absolute atomic E-state index is 12.3. The maximum Gasteiger partial charge on any atom is 0.220 e. The number of nitrogens with one attached hydrogen (secondary N) is 1. The summed E-state index contributed by atoms with van der Waals surface area (Å²) in [4.78, 5) is 12.3. The molecule has 0 radical (unpaired) electrons. The fourth-order valence-electron chi connectivity index (χ4n) is 2.63. The molecule has 1 rings (SSSR count). The lowest BCUT2D eigenvalue weighted by Gasteiger charge is -2.31. The number of rotatable bonds is 6. The third kappa shape index (κ3) is 5.50. The lowest BCUT2D eigenvalue weighted by atomic mass is 9.84. The number of carbonyl (C=O) groups is 1. The van der Waals surface area contributed by atoms with Crippen LogP contribution in [0.2, 0.25) is 0 Å². The molecule has 118 valence electrons. The zero-order chi connectivity index (χ0) is 16.0. The van der Waals surface area contributed by atoms with E-state index in [9.17, 15) is 4.79 Å². The second kappa shape index (κ2) is 7.60. The number of hydrogen-bond acceptors (Lipinski definition) is 2. The van der Waals surface area contributed by atoms with E-state index in [0.29, 0.717) is 12.8 Å². The summed E-state index contributed by atoms with van der Waals surface area (Å²) in [6.07, 6.45) is 1.07. The Kier molecular flexibility index (Phi) is 6.41. The molecule has 0 aromatic heterocycles. The quantitative estimate of drug-likeness (QED) is 0.844. The minimum absolute atomic E-state index is 0.000861. The molecular formula is C18H29NO2. The van der Waals surface area contributed by atoms with Crippen LogP contribution in [0.25, 0.3) is 0 Å². The van der Waals surface area contributed by atoms with Crippen LogP contribution in [-0.2, 0) is 4.79 Å². The highest BCUT2D eigenvalue weighted by Crippen LogP contribution is 2.24. The van der Waals surface area contributed by atoms with Crippen molar-refractivity contribution >= 4 is 5.91 Å². The molecule has 0 spiro atoms. The Bertz CT molecular complexity index is 463. The van der Waals surface area contributed by atoms with Crippen molar-refractivity contribution in [3.05, 3.63) is 35.4 Å². The number of aliphatic hydroxyl groups excluding tert-OH is 1. The average Bonchev–Trinajstić information content (AvgIpc) is 2.37. The van der Waals surface area contributed by atoms with E-state index in [2.05, 4.69) is 52.1 Å². The summed E-state index contributed by atoms with van der Waals surface area (Å²) < 4.78 is 0. The molecule has 0 heterocycles. The molecule has 0 aliphatic heterocycles. The van der Waals surface area contributed by atoms with Gasteiger partial charge in [-0.3, -0.25) is 4.79 Å². The van der Waals surface area contributed by atoms with Crippen LogP contribution in [0.3, 0.4) is 0 Å². The van der Waals surface area contributed by atoms with E-state index >= 15 is 0 Å². The van der Waals surface area contributed by atoms with E-state index in [1.165, 1.54) is 11.1 Å². The molecule has 1 aromatic carbocycles. The van der Waals surface area contributed by atoms with Gasteiger partial charge in [0.15, 0.2) is 0 Å². The number of amides is 1. The number of benzene rings is 1. The molecule has 2 unspecified atom stereocenters. The Morgan fingerprint density at radius 1 is 1.29 bits per heavy atom. The van der Waals surface area contributed by atoms with Crippen molar-refractivity contribution in [2.45, 2.75) is 59.4 Å². The van der Waals surface area contributed by atoms with E-state index in [1.807, 2.05) is 12.1 Å². The second-order valence-electron chi connectivity index (χ2n) is 6.96. The molecule has 0 saturated carbocycles. The molecule has 0 aliphatic rings. The van der Waals surface area contributed by atoms with Crippen LogP contribution >= 0.6 is 0 Å². The zero-order valence-corrected chi connectivity index (χ0v) is 13.9. The van der Waals surface area contributed by atoms with Crippen molar-refractivity contribution in [1.82, 2.24) is 5.32 Å². The van der Waals surface area contributed by atoms with Gasteiger partial charge in [-0.25, -0.2) is 0 Å². The van der Waals surface area contributed by atoms with Gasteiger partial charge in [0.25, 0.3) is 0 Å². The van der Waals surface area contributed by atoms with Crippen molar-refractivity contribution in [2.24, 2.45) is 5.41 Å². The lowest BCUT2D eigenvalue weighted by Crippen LogP contribution is -2.44. The summed E-state index contributed by atoms with van der Waals surface area (Å²) in [6.45, 7) is 10.5. The lowest BCUT2D eigenvalue weighted by molar-refractivity contribution is -0.123. The molecule has 0 bridgehead atoms. The van der Waals surface area contributed by atoms with E-state index in [0.717, 1.165) is 0 Å². The van der Waals surface area contributed by atoms with Crippen LogP contribution in [0.1, 0.15) is 57.6 Å². The van der Waals surface area contributed by atoms with Crippen LogP contribution in [-0.4, -0.2) is 23.7 Å². The Morgan fingerprint density at radius 2 is 1.90 bits per heavy atom. The van der Waals surface area contributed by atoms with Crippen molar-refractivity contribution in [3.8, 4) is 0 Å². The second-order valence-corrected chi connectivity index (χ2v) is 6.96. The van der Waals surface area contributed by atoms with Crippen molar-refractivity contribution in [1.29, 1.82) is 0 Å². The van der Waals surface area contributed by atoms with E-state index in [-0.39, 0.29) is 29.9 Å². The first-order chi connectivity index (χ1) is 9.75. The van der Waals surface area contributed by atoms with Crippen molar-refractivity contribution in [2.75, 3.05) is 6.61 Å². The van der Waals surface area contributed by atoms with Gasteiger partial charge in [-0.15, -0.1) is 0 Å². The summed E-state index contributed by atoms with van der Waals surface area (Å²) in [7, 11) is 0. The van der Waals surface area contributed by atoms with Crippen LogP contribution in [0.5, 0.6) is 0 Å². The molecule has 0 saturated heterocycles. The Morgan fingerprint density at radius 3 is 2.43 bits per heavy atom. The first kappa shape index (κ1) is 17.7. The maximum atomic E-state index is 12.3. The standard InChI is InChI=1S/C18H29NO2/c1-13-8-6-7-9-15(13)14(2)12-17(21)19-16(10-11-20)18(3,4)5/h6-9,14,16,20H,10-12H2,1-5H3,(H,19,21). The third-order valence-electron chi connectivity index (χ3n) is 4.01. The van der Waals surface area contributed by atoms with E-state index in [4.69, 9.17) is 5.11 Å². The fraction of sp³-hybridized carbons (Fsp3) is 0.611. The number of aliphatic hydroxyl groups is 1. The van der Waals surface area contributed by atoms with Gasteiger partial charge in [-0.1, -0.05) is 52.0 Å². The Balaban J connectivity index is 2.66. The van der Waals surface area contributed by atoms with Crippen LogP contribution < -0.4 is 5.32 Å². The zero-order valence-electron chi connectivity index (χ0n) is 13.9. The van der Waals surface area contributed by atoms with E-state index < -0.39 is 0 Å². The van der Waals surface area contributed by atoms with Crippen molar-refractivity contribution in [3.63, 3.8) is 0 Å². The Labute approximate surface area is 128 Å². The average molecular weight is 291 g/mol. The monoisotopic (exact) mass is 291 g/mol. The molecule has 3 nitrogen and oxygen atoms in total. The normalized spacial score (nSPS) is 14.6. The van der Waals surface area contributed by atoms with Gasteiger partial charge in [-0.2, -0.15) is 0 Å². The van der Waals surface area contributed by atoms with E-state index in [1.54, 1.807) is 0 Å². The minimum atomic E-state index is -0.0513. The van der Waals surface area contributed by atoms with Crippen LogP contribution in [0.15, 0.2) is 24.3 Å². The molecular weight excluding hydrogens is 262 g/mol. The van der Waals surface area contributed by atoms with Gasteiger partial charge in [0, 0.05) is 19.1 Å². The first-order valence-electron chi connectivity index (χ1n) is 7.71. The largest absolute Gasteiger partial charge is 0.396 e. The fourth-order valence-corrected chi connectivity index (χ4v) is 2.63.